The van der Waals surface area contributed by atoms with E-state index in [1.165, 1.54) is 18.4 Å². The molecule has 0 aliphatic carbocycles. The molecule has 3 rings (SSSR count). The van der Waals surface area contributed by atoms with Crippen LogP contribution in [-0.4, -0.2) is 56.7 Å². The Balaban J connectivity index is 1.60. The molecule has 0 N–H and O–H groups in total. The molecule has 1 heterocycles. The number of benzene rings is 2. The average Bonchev–Trinajstić information content (AvgIpc) is 2.77. The molecule has 30 heavy (non-hydrogen) atoms. The highest BCUT2D eigenvalue weighted by molar-refractivity contribution is 5.94. The second-order valence-corrected chi connectivity index (χ2v) is 8.44. The van der Waals surface area contributed by atoms with Crippen LogP contribution in [0.4, 0.5) is 5.69 Å². The van der Waals surface area contributed by atoms with Gasteiger partial charge in [-0.2, -0.15) is 0 Å². The first-order valence-corrected chi connectivity index (χ1v) is 10.2. The van der Waals surface area contributed by atoms with E-state index in [0.29, 0.717) is 24.4 Å². The predicted octanol–water partition coefficient (Wildman–Crippen LogP) is 3.50. The number of carbonyl (C=O) groups is 2. The summed E-state index contributed by atoms with van der Waals surface area (Å²) in [6.45, 7) is 9.49. The summed E-state index contributed by atoms with van der Waals surface area (Å²) in [4.78, 5) is 28.3. The Morgan fingerprint density at radius 3 is 2.17 bits per heavy atom. The van der Waals surface area contributed by atoms with Gasteiger partial charge in [0.15, 0.2) is 6.61 Å². The van der Waals surface area contributed by atoms with Gasteiger partial charge in [0.2, 0.25) is 0 Å². The second-order valence-electron chi connectivity index (χ2n) is 8.44. The van der Waals surface area contributed by atoms with Gasteiger partial charge in [-0.05, 0) is 41.3 Å². The van der Waals surface area contributed by atoms with Crippen molar-refractivity contribution in [3.8, 4) is 5.75 Å². The number of anilines is 1. The lowest BCUT2D eigenvalue weighted by molar-refractivity contribution is -0.142. The predicted molar refractivity (Wildman–Crippen MR) is 117 cm³/mol. The molecule has 0 radical (unpaired) electrons. The number of carbonyl (C=O) groups excluding carboxylic acids is 2. The lowest BCUT2D eigenvalue weighted by Crippen LogP contribution is -2.49. The molecule has 2 aromatic rings. The van der Waals surface area contributed by atoms with Gasteiger partial charge in [0.05, 0.1) is 7.11 Å². The molecule has 1 aliphatic heterocycles. The summed E-state index contributed by atoms with van der Waals surface area (Å²) < 4.78 is 9.89. The molecule has 1 aliphatic rings. The summed E-state index contributed by atoms with van der Waals surface area (Å²) in [6, 6.07) is 15.4. The number of para-hydroxylation sites is 1. The van der Waals surface area contributed by atoms with E-state index in [1.54, 1.807) is 24.3 Å². The van der Waals surface area contributed by atoms with E-state index in [0.717, 1.165) is 13.1 Å². The summed E-state index contributed by atoms with van der Waals surface area (Å²) in [5.41, 5.74) is 3.27. The summed E-state index contributed by atoms with van der Waals surface area (Å²) in [5, 5.41) is 0. The Labute approximate surface area is 178 Å². The fourth-order valence-electron chi connectivity index (χ4n) is 3.61. The fraction of sp³-hybridized carbons (Fsp3) is 0.417. The van der Waals surface area contributed by atoms with Gasteiger partial charge < -0.3 is 19.3 Å². The van der Waals surface area contributed by atoms with Crippen LogP contribution in [0.15, 0.2) is 48.5 Å². The van der Waals surface area contributed by atoms with E-state index < -0.39 is 5.97 Å². The van der Waals surface area contributed by atoms with Crippen molar-refractivity contribution in [2.24, 2.45) is 0 Å². The minimum atomic E-state index is -0.443. The number of esters is 1. The van der Waals surface area contributed by atoms with Crippen molar-refractivity contribution in [3.05, 3.63) is 59.7 Å². The number of amides is 1. The first-order chi connectivity index (χ1) is 14.3. The number of piperazine rings is 1. The minimum Gasteiger partial charge on any atom is -0.482 e. The van der Waals surface area contributed by atoms with Crippen LogP contribution in [0.3, 0.4) is 0 Å². The number of hydrogen-bond donors (Lipinski definition) is 0. The Morgan fingerprint density at radius 2 is 1.57 bits per heavy atom. The Hall–Kier alpha value is -3.02. The molecule has 1 fully saturated rings. The monoisotopic (exact) mass is 410 g/mol. The molecular weight excluding hydrogens is 380 g/mol. The number of rotatable bonds is 5. The van der Waals surface area contributed by atoms with E-state index in [2.05, 4.69) is 54.7 Å². The highest BCUT2D eigenvalue weighted by Gasteiger charge is 2.26. The van der Waals surface area contributed by atoms with E-state index in [1.807, 2.05) is 4.90 Å². The largest absolute Gasteiger partial charge is 0.482 e. The molecule has 6 heteroatoms. The lowest BCUT2D eigenvalue weighted by atomic mass is 9.85. The molecule has 1 saturated heterocycles. The molecule has 2 aromatic carbocycles. The molecule has 0 unspecified atom stereocenters. The van der Waals surface area contributed by atoms with Crippen molar-refractivity contribution in [2.45, 2.75) is 26.2 Å². The van der Waals surface area contributed by atoms with Gasteiger partial charge in [0, 0.05) is 37.4 Å². The van der Waals surface area contributed by atoms with Gasteiger partial charge in [0.25, 0.3) is 5.91 Å². The standard InChI is InChI=1S/C24H30N2O4/c1-24(2,3)20-7-5-6-8-21(20)25-13-15-26(16-14-25)23(28)18-9-11-19(12-10-18)30-17-22(27)29-4/h5-12H,13-17H2,1-4H3. The second kappa shape index (κ2) is 9.20. The van der Waals surface area contributed by atoms with Gasteiger partial charge >= 0.3 is 5.97 Å². The Kier molecular flexibility index (Phi) is 6.65. The summed E-state index contributed by atoms with van der Waals surface area (Å²) in [7, 11) is 1.31. The summed E-state index contributed by atoms with van der Waals surface area (Å²) >= 11 is 0. The van der Waals surface area contributed by atoms with E-state index >= 15 is 0 Å². The van der Waals surface area contributed by atoms with Crippen molar-refractivity contribution in [2.75, 3.05) is 44.8 Å². The number of hydrogen-bond acceptors (Lipinski definition) is 5. The van der Waals surface area contributed by atoms with Crippen LogP contribution in [0.5, 0.6) is 5.75 Å². The van der Waals surface area contributed by atoms with Crippen molar-refractivity contribution < 1.29 is 19.1 Å². The van der Waals surface area contributed by atoms with Crippen LogP contribution in [0, 0.1) is 0 Å². The third kappa shape index (κ3) is 5.12. The van der Waals surface area contributed by atoms with Crippen LogP contribution < -0.4 is 9.64 Å². The maximum absolute atomic E-state index is 12.9. The molecule has 0 atom stereocenters. The Bertz CT molecular complexity index is 879. The SMILES string of the molecule is COC(=O)COc1ccc(C(=O)N2CCN(c3ccccc3C(C)(C)C)CC2)cc1. The zero-order chi connectivity index (χ0) is 21.7. The van der Waals surface area contributed by atoms with Crippen LogP contribution in [-0.2, 0) is 14.9 Å². The van der Waals surface area contributed by atoms with E-state index in [4.69, 9.17) is 4.74 Å². The molecule has 0 bridgehead atoms. The van der Waals surface area contributed by atoms with Crippen molar-refractivity contribution in [1.82, 2.24) is 4.90 Å². The smallest absolute Gasteiger partial charge is 0.343 e. The first kappa shape index (κ1) is 21.7. The van der Waals surface area contributed by atoms with E-state index in [-0.39, 0.29) is 17.9 Å². The lowest BCUT2D eigenvalue weighted by Gasteiger charge is -2.38. The highest BCUT2D eigenvalue weighted by Crippen LogP contribution is 2.32. The number of methoxy groups -OCH3 is 1. The highest BCUT2D eigenvalue weighted by atomic mass is 16.6. The molecular formula is C24H30N2O4. The van der Waals surface area contributed by atoms with Crippen molar-refractivity contribution in [3.63, 3.8) is 0 Å². The first-order valence-electron chi connectivity index (χ1n) is 10.2. The summed E-state index contributed by atoms with van der Waals surface area (Å²) in [5.74, 6) is 0.0971. The average molecular weight is 411 g/mol. The third-order valence-electron chi connectivity index (χ3n) is 5.31. The zero-order valence-electron chi connectivity index (χ0n) is 18.2. The van der Waals surface area contributed by atoms with Crippen LogP contribution in [0.2, 0.25) is 0 Å². The van der Waals surface area contributed by atoms with Gasteiger partial charge in [-0.25, -0.2) is 4.79 Å². The van der Waals surface area contributed by atoms with Crippen LogP contribution in [0.1, 0.15) is 36.7 Å². The van der Waals surface area contributed by atoms with Crippen LogP contribution in [0.25, 0.3) is 0 Å². The quantitative estimate of drug-likeness (QED) is 0.706. The fourth-order valence-corrected chi connectivity index (χ4v) is 3.61. The van der Waals surface area contributed by atoms with E-state index in [9.17, 15) is 9.59 Å². The topological polar surface area (TPSA) is 59.1 Å². The number of ether oxygens (including phenoxy) is 2. The minimum absolute atomic E-state index is 0.0123. The van der Waals surface area contributed by atoms with Gasteiger partial charge in [-0.15, -0.1) is 0 Å². The molecule has 0 saturated carbocycles. The zero-order valence-corrected chi connectivity index (χ0v) is 18.2. The Morgan fingerprint density at radius 1 is 0.933 bits per heavy atom. The van der Waals surface area contributed by atoms with Crippen LogP contribution >= 0.6 is 0 Å². The molecule has 6 nitrogen and oxygen atoms in total. The normalized spacial score (nSPS) is 14.4. The van der Waals surface area contributed by atoms with Gasteiger partial charge in [-0.3, -0.25) is 4.79 Å². The molecule has 0 aromatic heterocycles. The molecule has 160 valence electrons. The van der Waals surface area contributed by atoms with Gasteiger partial charge in [0.1, 0.15) is 5.75 Å². The maximum atomic E-state index is 12.9. The maximum Gasteiger partial charge on any atom is 0.343 e. The van der Waals surface area contributed by atoms with Crippen molar-refractivity contribution >= 4 is 17.6 Å². The molecule has 0 spiro atoms. The van der Waals surface area contributed by atoms with Gasteiger partial charge in [-0.1, -0.05) is 39.0 Å². The third-order valence-corrected chi connectivity index (χ3v) is 5.31. The summed E-state index contributed by atoms with van der Waals surface area (Å²) in [6.07, 6.45) is 0. The van der Waals surface area contributed by atoms with Crippen molar-refractivity contribution in [1.29, 1.82) is 0 Å². The number of nitrogens with zero attached hydrogens (tertiary/aromatic N) is 2. The molecule has 1 amide bonds.